The SMILES string of the molecule is CC1(C)c2ccccc2-c2cc3c4ccc5c(c4n(-c4ccc(-c6ccc(N(c7ccc(-c8ccccc8)cc7)c7ccc(N(c8ccccc8)c8ccccc8)cc7)cc6)cc4)c3cc21)Sc1ccccc1S5. The van der Waals surface area contributed by atoms with Crippen molar-refractivity contribution in [2.45, 2.75) is 38.8 Å². The minimum atomic E-state index is -0.114. The van der Waals surface area contributed by atoms with E-state index in [0.29, 0.717) is 0 Å². The number of benzene rings is 11. The molecule has 2 heterocycles. The highest BCUT2D eigenvalue weighted by molar-refractivity contribution is 8.05. The van der Waals surface area contributed by atoms with E-state index in [4.69, 9.17) is 0 Å². The average Bonchev–Trinajstić information content (AvgIpc) is 3.98. The first kappa shape index (κ1) is 44.2. The Balaban J connectivity index is 0.844. The summed E-state index contributed by atoms with van der Waals surface area (Å²) < 4.78 is 2.54. The molecule has 74 heavy (non-hydrogen) atoms. The van der Waals surface area contributed by atoms with Crippen LogP contribution in [0.2, 0.25) is 0 Å². The standard InChI is InChI=1S/C69H49N3S2/c1-69(2)61-23-13-12-22-57(61)59-44-60-58-42-43-66-68(74-65-25-15-14-24-64(65)73-66)67(58)72(63(60)45-62(59)69)56-36-30-49(31-37-56)48-28-34-53(35-29-48)71(52-32-26-47(27-33-52)46-16-6-3-7-17-46)55-40-38-54(39-41-55)70(50-18-8-4-9-19-50)51-20-10-5-11-21-51/h3-45H,1-2H3. The smallest absolute Gasteiger partial charge is 0.0692 e. The minimum absolute atomic E-state index is 0.114. The van der Waals surface area contributed by atoms with Gasteiger partial charge in [-0.05, 0) is 160 Å². The van der Waals surface area contributed by atoms with Gasteiger partial charge in [0, 0.05) is 70.7 Å². The molecule has 0 N–H and O–H groups in total. The summed E-state index contributed by atoms with van der Waals surface area (Å²) in [7, 11) is 0. The number of rotatable bonds is 9. The van der Waals surface area contributed by atoms with Crippen molar-refractivity contribution in [1.29, 1.82) is 0 Å². The third kappa shape index (κ3) is 7.45. The van der Waals surface area contributed by atoms with E-state index in [0.717, 1.165) is 45.4 Å². The maximum Gasteiger partial charge on any atom is 0.0692 e. The van der Waals surface area contributed by atoms with E-state index in [1.807, 2.05) is 23.5 Å². The second-order valence-corrected chi connectivity index (χ2v) is 21.9. The minimum Gasteiger partial charge on any atom is -0.311 e. The van der Waals surface area contributed by atoms with Crippen LogP contribution in [-0.2, 0) is 5.41 Å². The Morgan fingerprint density at radius 3 is 1.35 bits per heavy atom. The van der Waals surface area contributed by atoms with Crippen LogP contribution in [0.3, 0.4) is 0 Å². The van der Waals surface area contributed by atoms with Gasteiger partial charge < -0.3 is 14.4 Å². The quantitative estimate of drug-likeness (QED) is 0.143. The molecule has 1 aliphatic heterocycles. The van der Waals surface area contributed by atoms with Crippen molar-refractivity contribution in [2.75, 3.05) is 9.80 Å². The number of fused-ring (bicyclic) bond motifs is 9. The maximum atomic E-state index is 2.54. The van der Waals surface area contributed by atoms with E-state index >= 15 is 0 Å². The summed E-state index contributed by atoms with van der Waals surface area (Å²) in [6.45, 7) is 4.76. The molecular weight excluding hydrogens is 935 g/mol. The average molecular weight is 984 g/mol. The van der Waals surface area contributed by atoms with Crippen LogP contribution in [-0.4, -0.2) is 4.57 Å². The molecule has 0 atom stereocenters. The fourth-order valence-corrected chi connectivity index (χ4v) is 13.8. The fourth-order valence-electron chi connectivity index (χ4n) is 11.4. The van der Waals surface area contributed by atoms with Crippen LogP contribution in [0.5, 0.6) is 0 Å². The number of hydrogen-bond donors (Lipinski definition) is 0. The van der Waals surface area contributed by atoms with E-state index in [9.17, 15) is 0 Å². The van der Waals surface area contributed by atoms with E-state index in [1.165, 1.54) is 80.3 Å². The van der Waals surface area contributed by atoms with Crippen molar-refractivity contribution in [3.8, 4) is 39.1 Å². The third-order valence-corrected chi connectivity index (χ3v) is 17.6. The van der Waals surface area contributed by atoms with Gasteiger partial charge in [-0.2, -0.15) is 0 Å². The Kier molecular flexibility index (Phi) is 10.7. The number of hydrogen-bond acceptors (Lipinski definition) is 4. The van der Waals surface area contributed by atoms with Crippen LogP contribution in [0.4, 0.5) is 34.1 Å². The summed E-state index contributed by atoms with van der Waals surface area (Å²) in [6.07, 6.45) is 0. The molecule has 5 heteroatoms. The topological polar surface area (TPSA) is 11.4 Å². The van der Waals surface area contributed by atoms with Gasteiger partial charge in [0.25, 0.3) is 0 Å². The largest absolute Gasteiger partial charge is 0.311 e. The van der Waals surface area contributed by atoms with Crippen LogP contribution < -0.4 is 9.80 Å². The second kappa shape index (κ2) is 17.9. The molecule has 0 saturated heterocycles. The van der Waals surface area contributed by atoms with Gasteiger partial charge in [-0.15, -0.1) is 0 Å². The fraction of sp³-hybridized carbons (Fsp3) is 0.0435. The van der Waals surface area contributed by atoms with E-state index in [1.54, 1.807) is 0 Å². The zero-order valence-electron chi connectivity index (χ0n) is 41.0. The molecule has 11 aromatic carbocycles. The van der Waals surface area contributed by atoms with Gasteiger partial charge in [0.2, 0.25) is 0 Å². The van der Waals surface area contributed by atoms with Crippen molar-refractivity contribution in [3.05, 3.63) is 272 Å². The molecule has 0 radical (unpaired) electrons. The second-order valence-electron chi connectivity index (χ2n) is 19.7. The summed E-state index contributed by atoms with van der Waals surface area (Å²) in [6, 6.07) is 95.4. The zero-order chi connectivity index (χ0) is 49.3. The molecule has 0 fully saturated rings. The number of para-hydroxylation sites is 2. The third-order valence-electron chi connectivity index (χ3n) is 15.0. The molecule has 1 aliphatic carbocycles. The Morgan fingerprint density at radius 2 is 0.784 bits per heavy atom. The lowest BCUT2D eigenvalue weighted by Crippen LogP contribution is -2.15. The Morgan fingerprint density at radius 1 is 0.338 bits per heavy atom. The maximum absolute atomic E-state index is 2.54. The molecule has 0 saturated carbocycles. The highest BCUT2D eigenvalue weighted by Gasteiger charge is 2.36. The molecule has 0 spiro atoms. The summed E-state index contributed by atoms with van der Waals surface area (Å²) in [4.78, 5) is 9.91. The van der Waals surface area contributed by atoms with Crippen molar-refractivity contribution >= 4 is 79.5 Å². The van der Waals surface area contributed by atoms with Gasteiger partial charge in [-0.3, -0.25) is 0 Å². The van der Waals surface area contributed by atoms with Crippen molar-refractivity contribution in [3.63, 3.8) is 0 Å². The Labute approximate surface area is 441 Å². The summed E-state index contributed by atoms with van der Waals surface area (Å²) >= 11 is 3.79. The highest BCUT2D eigenvalue weighted by atomic mass is 32.2. The van der Waals surface area contributed by atoms with Gasteiger partial charge in [0.1, 0.15) is 0 Å². The van der Waals surface area contributed by atoms with E-state index in [-0.39, 0.29) is 5.41 Å². The van der Waals surface area contributed by atoms with Crippen molar-refractivity contribution < 1.29 is 0 Å². The number of aromatic nitrogens is 1. The van der Waals surface area contributed by atoms with Gasteiger partial charge in [-0.1, -0.05) is 183 Å². The molecule has 14 rings (SSSR count). The molecule has 0 amide bonds. The molecule has 2 aliphatic rings. The molecule has 0 unspecified atom stereocenters. The van der Waals surface area contributed by atoms with Crippen LogP contribution in [0.15, 0.2) is 280 Å². The monoisotopic (exact) mass is 983 g/mol. The predicted octanol–water partition coefficient (Wildman–Crippen LogP) is 20.0. The molecular formula is C69H49N3S2. The normalized spacial score (nSPS) is 13.0. The van der Waals surface area contributed by atoms with Crippen LogP contribution in [0.25, 0.3) is 60.9 Å². The molecule has 12 aromatic rings. The van der Waals surface area contributed by atoms with Crippen molar-refractivity contribution in [1.82, 2.24) is 4.57 Å². The van der Waals surface area contributed by atoms with Gasteiger partial charge >= 0.3 is 0 Å². The van der Waals surface area contributed by atoms with Crippen LogP contribution in [0, 0.1) is 0 Å². The van der Waals surface area contributed by atoms with Crippen LogP contribution >= 0.6 is 23.5 Å². The highest BCUT2D eigenvalue weighted by Crippen LogP contribution is 2.55. The van der Waals surface area contributed by atoms with Gasteiger partial charge in [0.05, 0.1) is 15.9 Å². The lowest BCUT2D eigenvalue weighted by molar-refractivity contribution is 0.661. The predicted molar refractivity (Wildman–Crippen MR) is 313 cm³/mol. The first-order chi connectivity index (χ1) is 36.4. The number of nitrogens with zero attached hydrogens (tertiary/aromatic N) is 3. The van der Waals surface area contributed by atoms with Crippen LogP contribution in [0.1, 0.15) is 25.0 Å². The first-order valence-electron chi connectivity index (χ1n) is 25.3. The molecule has 0 bridgehead atoms. The zero-order valence-corrected chi connectivity index (χ0v) is 42.6. The van der Waals surface area contributed by atoms with Gasteiger partial charge in [0.15, 0.2) is 0 Å². The molecule has 352 valence electrons. The summed E-state index contributed by atoms with van der Waals surface area (Å²) in [5.41, 5.74) is 20.3. The Bertz CT molecular complexity index is 4020. The molecule has 3 nitrogen and oxygen atoms in total. The summed E-state index contributed by atoms with van der Waals surface area (Å²) in [5, 5.41) is 2.58. The summed E-state index contributed by atoms with van der Waals surface area (Å²) in [5.74, 6) is 0. The lowest BCUT2D eigenvalue weighted by Gasteiger charge is -2.28. The first-order valence-corrected chi connectivity index (χ1v) is 26.9. The number of anilines is 6. The van der Waals surface area contributed by atoms with Gasteiger partial charge in [-0.25, -0.2) is 0 Å². The molecule has 1 aromatic heterocycles. The Hall–Kier alpha value is -8.48. The van der Waals surface area contributed by atoms with Crippen molar-refractivity contribution in [2.24, 2.45) is 0 Å². The van der Waals surface area contributed by atoms with E-state index in [2.05, 4.69) is 289 Å². The lowest BCUT2D eigenvalue weighted by atomic mass is 9.82. The van der Waals surface area contributed by atoms with E-state index < -0.39 is 0 Å².